The van der Waals surface area contributed by atoms with E-state index < -0.39 is 11.9 Å². The van der Waals surface area contributed by atoms with Gasteiger partial charge in [-0.3, -0.25) is 9.59 Å². The summed E-state index contributed by atoms with van der Waals surface area (Å²) in [7, 11) is 0. The lowest BCUT2D eigenvalue weighted by atomic mass is 10.1. The standard InChI is InChI=1S/C11H19N3O2/c12-8(5-9(13)15)11(16)14-10(6-1-2-6)7-3-4-7/h6-8,10H,1-5,12H2,(H2,13,15)(H,14,16). The van der Waals surface area contributed by atoms with E-state index >= 15 is 0 Å². The molecule has 2 fully saturated rings. The highest BCUT2D eigenvalue weighted by molar-refractivity contribution is 5.87. The van der Waals surface area contributed by atoms with Crippen molar-refractivity contribution in [1.82, 2.24) is 5.32 Å². The third kappa shape index (κ3) is 2.95. The lowest BCUT2D eigenvalue weighted by Crippen LogP contribution is -2.48. The summed E-state index contributed by atoms with van der Waals surface area (Å²) in [6, 6.07) is -0.510. The molecule has 0 bridgehead atoms. The van der Waals surface area contributed by atoms with Gasteiger partial charge in [0.15, 0.2) is 0 Å². The van der Waals surface area contributed by atoms with Gasteiger partial charge in [0.05, 0.1) is 12.5 Å². The number of carbonyl (C=O) groups excluding carboxylic acids is 2. The first-order valence-electron chi connectivity index (χ1n) is 5.92. The molecule has 2 aliphatic carbocycles. The topological polar surface area (TPSA) is 98.2 Å². The molecule has 0 aromatic rings. The summed E-state index contributed by atoms with van der Waals surface area (Å²) in [6.45, 7) is 0. The number of carbonyl (C=O) groups is 2. The summed E-state index contributed by atoms with van der Waals surface area (Å²) in [6.07, 6.45) is 4.73. The van der Waals surface area contributed by atoms with Crippen LogP contribution in [0, 0.1) is 11.8 Å². The van der Waals surface area contributed by atoms with Gasteiger partial charge < -0.3 is 16.8 Å². The smallest absolute Gasteiger partial charge is 0.237 e. The van der Waals surface area contributed by atoms with Gasteiger partial charge >= 0.3 is 0 Å². The van der Waals surface area contributed by atoms with Crippen LogP contribution < -0.4 is 16.8 Å². The second-order valence-corrected chi connectivity index (χ2v) is 4.99. The molecule has 2 rings (SSSR count). The molecule has 1 unspecified atom stereocenters. The largest absolute Gasteiger partial charge is 0.370 e. The van der Waals surface area contributed by atoms with Crippen LogP contribution in [0.15, 0.2) is 0 Å². The quantitative estimate of drug-likeness (QED) is 0.568. The van der Waals surface area contributed by atoms with E-state index in [4.69, 9.17) is 11.5 Å². The second kappa shape index (κ2) is 4.41. The van der Waals surface area contributed by atoms with Crippen LogP contribution in [0.1, 0.15) is 32.1 Å². The van der Waals surface area contributed by atoms with Gasteiger partial charge in [0.2, 0.25) is 11.8 Å². The van der Waals surface area contributed by atoms with Gasteiger partial charge in [-0.15, -0.1) is 0 Å². The Morgan fingerprint density at radius 1 is 1.19 bits per heavy atom. The van der Waals surface area contributed by atoms with Gasteiger partial charge in [-0.05, 0) is 37.5 Å². The number of nitrogens with one attached hydrogen (secondary N) is 1. The lowest BCUT2D eigenvalue weighted by molar-refractivity contribution is -0.127. The normalized spacial score (nSPS) is 21.9. The van der Waals surface area contributed by atoms with E-state index in [1.54, 1.807) is 0 Å². The van der Waals surface area contributed by atoms with E-state index in [0.29, 0.717) is 11.8 Å². The fraction of sp³-hybridized carbons (Fsp3) is 0.818. The molecule has 0 aliphatic heterocycles. The molecular weight excluding hydrogens is 206 g/mol. The minimum Gasteiger partial charge on any atom is -0.370 e. The predicted molar refractivity (Wildman–Crippen MR) is 59.2 cm³/mol. The minimum atomic E-state index is -0.794. The first kappa shape index (κ1) is 11.4. The third-order valence-electron chi connectivity index (χ3n) is 3.33. The number of primary amides is 1. The number of hydrogen-bond donors (Lipinski definition) is 3. The van der Waals surface area contributed by atoms with Crippen molar-refractivity contribution in [3.05, 3.63) is 0 Å². The average Bonchev–Trinajstić information content (AvgIpc) is 3.03. The van der Waals surface area contributed by atoms with Crippen LogP contribution in [0.5, 0.6) is 0 Å². The van der Waals surface area contributed by atoms with Gasteiger partial charge in [-0.2, -0.15) is 0 Å². The van der Waals surface area contributed by atoms with Crippen LogP contribution in [0.3, 0.4) is 0 Å². The molecule has 1 atom stereocenters. The Kier molecular flexibility index (Phi) is 3.14. The SMILES string of the molecule is NC(=O)CC(N)C(=O)NC(C1CC1)C1CC1. The van der Waals surface area contributed by atoms with Crippen LogP contribution in [-0.2, 0) is 9.59 Å². The van der Waals surface area contributed by atoms with E-state index in [-0.39, 0.29) is 18.4 Å². The molecule has 0 aromatic heterocycles. The van der Waals surface area contributed by atoms with Crippen LogP contribution in [0.4, 0.5) is 0 Å². The Morgan fingerprint density at radius 2 is 1.69 bits per heavy atom. The first-order valence-corrected chi connectivity index (χ1v) is 5.92. The van der Waals surface area contributed by atoms with Crippen molar-refractivity contribution in [2.24, 2.45) is 23.3 Å². The van der Waals surface area contributed by atoms with Crippen molar-refractivity contribution < 1.29 is 9.59 Å². The highest BCUT2D eigenvalue weighted by Crippen LogP contribution is 2.44. The fourth-order valence-corrected chi connectivity index (χ4v) is 2.11. The summed E-state index contributed by atoms with van der Waals surface area (Å²) >= 11 is 0. The molecule has 0 heterocycles. The van der Waals surface area contributed by atoms with Crippen LogP contribution in [0.2, 0.25) is 0 Å². The maximum absolute atomic E-state index is 11.7. The van der Waals surface area contributed by atoms with Crippen molar-refractivity contribution in [3.63, 3.8) is 0 Å². The Bertz CT molecular complexity index is 286. The number of hydrogen-bond acceptors (Lipinski definition) is 3. The third-order valence-corrected chi connectivity index (χ3v) is 3.33. The summed E-state index contributed by atoms with van der Waals surface area (Å²) in [4.78, 5) is 22.4. The fourth-order valence-electron chi connectivity index (χ4n) is 2.11. The van der Waals surface area contributed by atoms with Gasteiger partial charge in [0.25, 0.3) is 0 Å². The lowest BCUT2D eigenvalue weighted by Gasteiger charge is -2.19. The zero-order valence-corrected chi connectivity index (χ0v) is 9.32. The average molecular weight is 225 g/mol. The Balaban J connectivity index is 1.82. The van der Waals surface area contributed by atoms with Crippen molar-refractivity contribution in [2.75, 3.05) is 0 Å². The second-order valence-electron chi connectivity index (χ2n) is 4.99. The highest BCUT2D eigenvalue weighted by Gasteiger charge is 2.42. The van der Waals surface area contributed by atoms with Crippen LogP contribution in [-0.4, -0.2) is 23.9 Å². The molecule has 16 heavy (non-hydrogen) atoms. The zero-order chi connectivity index (χ0) is 11.7. The molecule has 5 N–H and O–H groups in total. The van der Waals surface area contributed by atoms with Crippen LogP contribution >= 0.6 is 0 Å². The maximum atomic E-state index is 11.7. The maximum Gasteiger partial charge on any atom is 0.237 e. The molecule has 5 heteroatoms. The zero-order valence-electron chi connectivity index (χ0n) is 9.32. The van der Waals surface area contributed by atoms with E-state index in [1.165, 1.54) is 25.7 Å². The molecular formula is C11H19N3O2. The summed E-state index contributed by atoms with van der Waals surface area (Å²) in [5, 5.41) is 2.97. The number of nitrogens with two attached hydrogens (primary N) is 2. The van der Waals surface area contributed by atoms with E-state index in [0.717, 1.165) is 0 Å². The van der Waals surface area contributed by atoms with Gasteiger partial charge in [-0.25, -0.2) is 0 Å². The molecule has 0 saturated heterocycles. The number of rotatable bonds is 6. The Morgan fingerprint density at radius 3 is 2.06 bits per heavy atom. The number of amides is 2. The van der Waals surface area contributed by atoms with Crippen molar-refractivity contribution in [1.29, 1.82) is 0 Å². The minimum absolute atomic E-state index is 0.0755. The molecule has 90 valence electrons. The van der Waals surface area contributed by atoms with Crippen molar-refractivity contribution in [2.45, 2.75) is 44.2 Å². The van der Waals surface area contributed by atoms with Crippen LogP contribution in [0.25, 0.3) is 0 Å². The highest BCUT2D eigenvalue weighted by atomic mass is 16.2. The van der Waals surface area contributed by atoms with Crippen molar-refractivity contribution in [3.8, 4) is 0 Å². The monoisotopic (exact) mass is 225 g/mol. The molecule has 2 amide bonds. The van der Waals surface area contributed by atoms with E-state index in [1.807, 2.05) is 0 Å². The molecule has 2 aliphatic rings. The van der Waals surface area contributed by atoms with E-state index in [2.05, 4.69) is 5.32 Å². The summed E-state index contributed by atoms with van der Waals surface area (Å²) in [5.74, 6) is 0.508. The van der Waals surface area contributed by atoms with Gasteiger partial charge in [0.1, 0.15) is 0 Å². The van der Waals surface area contributed by atoms with E-state index in [9.17, 15) is 9.59 Å². The molecule has 0 spiro atoms. The summed E-state index contributed by atoms with van der Waals surface area (Å²) in [5.41, 5.74) is 10.6. The van der Waals surface area contributed by atoms with Gasteiger partial charge in [0, 0.05) is 6.04 Å². The Labute approximate surface area is 94.9 Å². The first-order chi connectivity index (χ1) is 7.58. The summed E-state index contributed by atoms with van der Waals surface area (Å²) < 4.78 is 0. The Hall–Kier alpha value is -1.10. The molecule has 0 aromatic carbocycles. The van der Waals surface area contributed by atoms with Gasteiger partial charge in [-0.1, -0.05) is 0 Å². The van der Waals surface area contributed by atoms with Crippen molar-refractivity contribution >= 4 is 11.8 Å². The predicted octanol–water partition coefficient (Wildman–Crippen LogP) is -0.506. The molecule has 0 radical (unpaired) electrons. The molecule has 2 saturated carbocycles. The molecule has 5 nitrogen and oxygen atoms in total.